The zero-order valence-corrected chi connectivity index (χ0v) is 15.2. The number of fused-ring (bicyclic) bond motifs is 1. The summed E-state index contributed by atoms with van der Waals surface area (Å²) < 4.78 is 26.3. The van der Waals surface area contributed by atoms with E-state index >= 15 is 0 Å². The zero-order valence-electron chi connectivity index (χ0n) is 13.6. The van der Waals surface area contributed by atoms with Crippen molar-refractivity contribution in [1.82, 2.24) is 14.6 Å². The lowest BCUT2D eigenvalue weighted by Crippen LogP contribution is -2.44. The Morgan fingerprint density at radius 3 is 3.04 bits per heavy atom. The molecule has 2 heterocycles. The predicted molar refractivity (Wildman–Crippen MR) is 95.8 cm³/mol. The molecule has 1 aliphatic rings. The second-order valence-corrected chi connectivity index (χ2v) is 8.92. The summed E-state index contributed by atoms with van der Waals surface area (Å²) in [4.78, 5) is 16.5. The van der Waals surface area contributed by atoms with Crippen LogP contribution in [0.1, 0.15) is 36.0 Å². The quantitative estimate of drug-likeness (QED) is 0.879. The highest BCUT2D eigenvalue weighted by Gasteiger charge is 2.28. The van der Waals surface area contributed by atoms with Crippen molar-refractivity contribution < 1.29 is 13.2 Å². The number of hydrogen-bond donors (Lipinski definition) is 1. The number of thiazole rings is 1. The Balaban J connectivity index is 1.57. The Kier molecular flexibility index (Phi) is 5.17. The molecular formula is C16H21N3O3S2. The molecule has 1 saturated heterocycles. The van der Waals surface area contributed by atoms with Gasteiger partial charge in [-0.15, -0.1) is 11.3 Å². The lowest BCUT2D eigenvalue weighted by atomic mass is 10.0. The van der Waals surface area contributed by atoms with Gasteiger partial charge < -0.3 is 5.32 Å². The molecular weight excluding hydrogens is 346 g/mol. The van der Waals surface area contributed by atoms with Crippen LogP contribution in [0.2, 0.25) is 0 Å². The summed E-state index contributed by atoms with van der Waals surface area (Å²) in [6, 6.07) is 5.43. The predicted octanol–water partition coefficient (Wildman–Crippen LogP) is 2.23. The zero-order chi connectivity index (χ0) is 17.2. The number of amides is 1. The topological polar surface area (TPSA) is 79.4 Å². The fraction of sp³-hybridized carbons (Fsp3) is 0.500. The number of rotatable bonds is 5. The van der Waals surface area contributed by atoms with Gasteiger partial charge in [0, 0.05) is 24.7 Å². The molecule has 0 aliphatic carbocycles. The summed E-state index contributed by atoms with van der Waals surface area (Å²) in [6.45, 7) is 1.05. The molecule has 0 spiro atoms. The number of hydrogen-bond acceptors (Lipinski definition) is 5. The van der Waals surface area contributed by atoms with E-state index in [9.17, 15) is 13.2 Å². The van der Waals surface area contributed by atoms with Crippen molar-refractivity contribution in [3.8, 4) is 0 Å². The SMILES string of the molecule is CS(=O)(=O)N1CCCC[C@@H]1CCNC(=O)c1ccc2ncsc2c1. The van der Waals surface area contributed by atoms with Crippen molar-refractivity contribution in [2.24, 2.45) is 0 Å². The Hall–Kier alpha value is -1.51. The molecule has 0 radical (unpaired) electrons. The van der Waals surface area contributed by atoms with E-state index < -0.39 is 10.0 Å². The molecule has 8 heteroatoms. The Bertz CT molecular complexity index is 832. The van der Waals surface area contributed by atoms with Gasteiger partial charge in [0.05, 0.1) is 22.0 Å². The van der Waals surface area contributed by atoms with E-state index in [-0.39, 0.29) is 11.9 Å². The molecule has 1 atom stereocenters. The van der Waals surface area contributed by atoms with E-state index in [1.54, 1.807) is 15.9 Å². The average Bonchev–Trinajstić information content (AvgIpc) is 3.01. The maximum absolute atomic E-state index is 12.3. The molecule has 1 aliphatic heterocycles. The van der Waals surface area contributed by atoms with E-state index in [0.717, 1.165) is 29.5 Å². The molecule has 0 saturated carbocycles. The summed E-state index contributed by atoms with van der Waals surface area (Å²) in [6.07, 6.45) is 4.70. The number of aromatic nitrogens is 1. The van der Waals surface area contributed by atoms with Gasteiger partial charge in [-0.25, -0.2) is 13.4 Å². The first kappa shape index (κ1) is 17.3. The Morgan fingerprint density at radius 2 is 2.25 bits per heavy atom. The minimum absolute atomic E-state index is 0.0157. The third-order valence-electron chi connectivity index (χ3n) is 4.36. The van der Waals surface area contributed by atoms with Gasteiger partial charge >= 0.3 is 0 Å². The lowest BCUT2D eigenvalue weighted by molar-refractivity contribution is 0.0949. The molecule has 2 aromatic rings. The minimum Gasteiger partial charge on any atom is -0.352 e. The van der Waals surface area contributed by atoms with Crippen LogP contribution in [0.15, 0.2) is 23.7 Å². The lowest BCUT2D eigenvalue weighted by Gasteiger charge is -2.33. The van der Waals surface area contributed by atoms with Crippen LogP contribution in [-0.2, 0) is 10.0 Å². The summed E-state index contributed by atoms with van der Waals surface area (Å²) in [7, 11) is -3.18. The first-order chi connectivity index (χ1) is 11.4. The molecule has 1 amide bonds. The molecule has 1 aromatic heterocycles. The van der Waals surface area contributed by atoms with Crippen molar-refractivity contribution in [3.63, 3.8) is 0 Å². The summed E-state index contributed by atoms with van der Waals surface area (Å²) in [5, 5.41) is 2.90. The van der Waals surface area contributed by atoms with Crippen LogP contribution in [0.3, 0.4) is 0 Å². The number of nitrogens with zero attached hydrogens (tertiary/aromatic N) is 2. The number of carbonyl (C=O) groups excluding carboxylic acids is 1. The van der Waals surface area contributed by atoms with E-state index in [1.165, 1.54) is 17.6 Å². The standard InChI is InChI=1S/C16H21N3O3S2/c1-24(21,22)19-9-3-2-4-13(19)7-8-17-16(20)12-5-6-14-15(10-12)23-11-18-14/h5-6,10-11,13H,2-4,7-9H2,1H3,(H,17,20)/t13-/m1/s1. The van der Waals surface area contributed by atoms with Gasteiger partial charge in [0.2, 0.25) is 10.0 Å². The van der Waals surface area contributed by atoms with Crippen LogP contribution in [0, 0.1) is 0 Å². The number of sulfonamides is 1. The van der Waals surface area contributed by atoms with Crippen molar-refractivity contribution >= 4 is 37.5 Å². The first-order valence-electron chi connectivity index (χ1n) is 8.03. The van der Waals surface area contributed by atoms with Gasteiger partial charge in [-0.3, -0.25) is 4.79 Å². The maximum Gasteiger partial charge on any atom is 0.251 e. The van der Waals surface area contributed by atoms with Crippen molar-refractivity contribution in [1.29, 1.82) is 0 Å². The van der Waals surface area contributed by atoms with E-state index in [0.29, 0.717) is 25.1 Å². The molecule has 3 rings (SSSR count). The number of nitrogens with one attached hydrogen (secondary N) is 1. The van der Waals surface area contributed by atoms with Crippen LogP contribution in [0.25, 0.3) is 10.2 Å². The maximum atomic E-state index is 12.3. The van der Waals surface area contributed by atoms with E-state index in [2.05, 4.69) is 10.3 Å². The number of benzene rings is 1. The second-order valence-electron chi connectivity index (χ2n) is 6.10. The number of piperidine rings is 1. The molecule has 1 fully saturated rings. The van der Waals surface area contributed by atoms with Gasteiger partial charge in [0.25, 0.3) is 5.91 Å². The third-order valence-corrected chi connectivity index (χ3v) is 6.48. The average molecular weight is 367 g/mol. The van der Waals surface area contributed by atoms with Crippen molar-refractivity contribution in [2.75, 3.05) is 19.3 Å². The molecule has 0 unspecified atom stereocenters. The molecule has 24 heavy (non-hydrogen) atoms. The van der Waals surface area contributed by atoms with Gasteiger partial charge in [0.1, 0.15) is 0 Å². The second kappa shape index (κ2) is 7.16. The highest BCUT2D eigenvalue weighted by molar-refractivity contribution is 7.88. The Labute approximate surface area is 145 Å². The van der Waals surface area contributed by atoms with Gasteiger partial charge in [-0.1, -0.05) is 6.42 Å². The fourth-order valence-electron chi connectivity index (χ4n) is 3.15. The highest BCUT2D eigenvalue weighted by Crippen LogP contribution is 2.22. The third kappa shape index (κ3) is 3.93. The van der Waals surface area contributed by atoms with Crippen LogP contribution in [-0.4, -0.2) is 49.0 Å². The highest BCUT2D eigenvalue weighted by atomic mass is 32.2. The van der Waals surface area contributed by atoms with E-state index in [1.807, 2.05) is 12.1 Å². The molecule has 6 nitrogen and oxygen atoms in total. The minimum atomic E-state index is -3.18. The van der Waals surface area contributed by atoms with Crippen molar-refractivity contribution in [3.05, 3.63) is 29.3 Å². The van der Waals surface area contributed by atoms with Gasteiger partial charge in [-0.05, 0) is 37.5 Å². The molecule has 130 valence electrons. The summed E-state index contributed by atoms with van der Waals surface area (Å²) in [5.74, 6) is -0.132. The molecule has 1 N–H and O–H groups in total. The van der Waals surface area contributed by atoms with Crippen LogP contribution >= 0.6 is 11.3 Å². The smallest absolute Gasteiger partial charge is 0.251 e. The first-order valence-corrected chi connectivity index (χ1v) is 10.8. The summed E-state index contributed by atoms with van der Waals surface area (Å²) >= 11 is 1.50. The fourth-order valence-corrected chi connectivity index (χ4v) is 5.08. The monoisotopic (exact) mass is 367 g/mol. The summed E-state index contributed by atoms with van der Waals surface area (Å²) in [5.41, 5.74) is 3.26. The van der Waals surface area contributed by atoms with Crippen molar-refractivity contribution in [2.45, 2.75) is 31.7 Å². The molecule has 0 bridgehead atoms. The van der Waals surface area contributed by atoms with Crippen LogP contribution in [0.5, 0.6) is 0 Å². The van der Waals surface area contributed by atoms with Gasteiger partial charge in [0.15, 0.2) is 0 Å². The molecule has 1 aromatic carbocycles. The largest absolute Gasteiger partial charge is 0.352 e. The normalized spacial score (nSPS) is 19.5. The van der Waals surface area contributed by atoms with E-state index in [4.69, 9.17) is 0 Å². The van der Waals surface area contributed by atoms with Crippen LogP contribution < -0.4 is 5.32 Å². The van der Waals surface area contributed by atoms with Gasteiger partial charge in [-0.2, -0.15) is 4.31 Å². The Morgan fingerprint density at radius 1 is 1.42 bits per heavy atom. The van der Waals surface area contributed by atoms with Crippen LogP contribution in [0.4, 0.5) is 0 Å². The number of carbonyl (C=O) groups is 1.